The lowest BCUT2D eigenvalue weighted by atomic mass is 10.1. The summed E-state index contributed by atoms with van der Waals surface area (Å²) in [7, 11) is 1.48. The zero-order valence-corrected chi connectivity index (χ0v) is 11.8. The van der Waals surface area contributed by atoms with Crippen molar-refractivity contribution in [3.8, 4) is 5.75 Å². The molecule has 108 valence electrons. The number of rotatable bonds is 4. The summed E-state index contributed by atoms with van der Waals surface area (Å²) < 4.78 is 5.11. The van der Waals surface area contributed by atoms with Gasteiger partial charge in [-0.05, 0) is 30.3 Å². The molecule has 0 spiro atoms. The average molecular weight is 306 g/mol. The van der Waals surface area contributed by atoms with Crippen molar-refractivity contribution in [2.24, 2.45) is 0 Å². The minimum absolute atomic E-state index is 0.0213. The largest absolute Gasteiger partial charge is 0.496 e. The van der Waals surface area contributed by atoms with Crippen LogP contribution in [0.15, 0.2) is 42.5 Å². The van der Waals surface area contributed by atoms with Gasteiger partial charge in [0.15, 0.2) is 0 Å². The van der Waals surface area contributed by atoms with Crippen LogP contribution in [0.2, 0.25) is 5.02 Å². The topological polar surface area (TPSA) is 75.6 Å². The van der Waals surface area contributed by atoms with Crippen molar-refractivity contribution in [3.05, 3.63) is 58.6 Å². The summed E-state index contributed by atoms with van der Waals surface area (Å²) >= 11 is 5.86. The fourth-order valence-corrected chi connectivity index (χ4v) is 2.06. The Morgan fingerprint density at radius 1 is 1.14 bits per heavy atom. The van der Waals surface area contributed by atoms with E-state index >= 15 is 0 Å². The number of benzene rings is 2. The van der Waals surface area contributed by atoms with Crippen LogP contribution in [0.3, 0.4) is 0 Å². The number of hydrogen-bond donors (Lipinski definition) is 2. The number of halogens is 1. The number of para-hydroxylation sites is 1. The number of carboxylic acid groups (broad SMARTS) is 1. The van der Waals surface area contributed by atoms with E-state index in [-0.39, 0.29) is 16.5 Å². The van der Waals surface area contributed by atoms with Crippen LogP contribution >= 0.6 is 11.6 Å². The predicted octanol–water partition coefficient (Wildman–Crippen LogP) is 3.30. The standard InChI is InChI=1S/C15H12ClNO4/c1-21-13-5-3-2-4-11(13)14(18)17-9-6-7-10(15(19)20)12(16)8-9/h2-8H,1H3,(H,17,18)(H,19,20). The highest BCUT2D eigenvalue weighted by atomic mass is 35.5. The summed E-state index contributed by atoms with van der Waals surface area (Å²) in [6.45, 7) is 0. The minimum atomic E-state index is -1.12. The van der Waals surface area contributed by atoms with Gasteiger partial charge >= 0.3 is 5.97 Å². The first kappa shape index (κ1) is 14.9. The van der Waals surface area contributed by atoms with Crippen LogP contribution in [-0.4, -0.2) is 24.1 Å². The molecule has 0 aromatic heterocycles. The van der Waals surface area contributed by atoms with Crippen molar-refractivity contribution in [3.63, 3.8) is 0 Å². The van der Waals surface area contributed by atoms with Crippen LogP contribution in [0, 0.1) is 0 Å². The number of carbonyl (C=O) groups is 2. The number of ether oxygens (including phenoxy) is 1. The van der Waals surface area contributed by atoms with Gasteiger partial charge in [0.1, 0.15) is 5.75 Å². The number of anilines is 1. The van der Waals surface area contributed by atoms with Crippen molar-refractivity contribution >= 4 is 29.2 Å². The molecule has 0 aliphatic carbocycles. The second kappa shape index (κ2) is 6.28. The monoisotopic (exact) mass is 305 g/mol. The van der Waals surface area contributed by atoms with E-state index in [0.29, 0.717) is 17.0 Å². The van der Waals surface area contributed by atoms with Crippen LogP contribution in [0.25, 0.3) is 0 Å². The molecule has 0 heterocycles. The molecule has 1 amide bonds. The van der Waals surface area contributed by atoms with Crippen LogP contribution in [0.5, 0.6) is 5.75 Å². The lowest BCUT2D eigenvalue weighted by molar-refractivity contribution is 0.0697. The van der Waals surface area contributed by atoms with E-state index in [2.05, 4.69) is 5.32 Å². The first-order valence-electron chi connectivity index (χ1n) is 6.00. The first-order valence-corrected chi connectivity index (χ1v) is 6.38. The number of carbonyl (C=O) groups excluding carboxylic acids is 1. The molecule has 0 saturated carbocycles. The second-order valence-electron chi connectivity index (χ2n) is 4.15. The van der Waals surface area contributed by atoms with Gasteiger partial charge in [-0.2, -0.15) is 0 Å². The van der Waals surface area contributed by atoms with E-state index in [0.717, 1.165) is 0 Å². The molecule has 0 unspecified atom stereocenters. The molecular formula is C15H12ClNO4. The molecule has 2 N–H and O–H groups in total. The van der Waals surface area contributed by atoms with Crippen LogP contribution in [-0.2, 0) is 0 Å². The number of aromatic carboxylic acids is 1. The third kappa shape index (κ3) is 3.32. The summed E-state index contributed by atoms with van der Waals surface area (Å²) in [4.78, 5) is 23.0. The SMILES string of the molecule is COc1ccccc1C(=O)Nc1ccc(C(=O)O)c(Cl)c1. The highest BCUT2D eigenvalue weighted by Crippen LogP contribution is 2.23. The van der Waals surface area contributed by atoms with E-state index in [9.17, 15) is 9.59 Å². The molecule has 2 rings (SSSR count). The smallest absolute Gasteiger partial charge is 0.337 e. The van der Waals surface area contributed by atoms with E-state index < -0.39 is 5.97 Å². The second-order valence-corrected chi connectivity index (χ2v) is 4.56. The molecule has 0 aliphatic rings. The maximum absolute atomic E-state index is 12.2. The molecular weight excluding hydrogens is 294 g/mol. The molecule has 0 saturated heterocycles. The van der Waals surface area contributed by atoms with Crippen molar-refractivity contribution in [2.75, 3.05) is 12.4 Å². The fourth-order valence-electron chi connectivity index (χ4n) is 1.80. The van der Waals surface area contributed by atoms with E-state index in [4.69, 9.17) is 21.4 Å². The van der Waals surface area contributed by atoms with Gasteiger partial charge in [-0.3, -0.25) is 4.79 Å². The number of hydrogen-bond acceptors (Lipinski definition) is 3. The summed E-state index contributed by atoms with van der Waals surface area (Å²) in [5.74, 6) is -1.04. The normalized spacial score (nSPS) is 10.0. The molecule has 6 heteroatoms. The Balaban J connectivity index is 2.24. The summed E-state index contributed by atoms with van der Waals surface area (Å²) in [5, 5.41) is 11.6. The third-order valence-corrected chi connectivity index (χ3v) is 3.12. The summed E-state index contributed by atoms with van der Waals surface area (Å²) in [6.07, 6.45) is 0. The zero-order valence-electron chi connectivity index (χ0n) is 11.1. The lowest BCUT2D eigenvalue weighted by Crippen LogP contribution is -2.13. The number of carboxylic acids is 1. The quantitative estimate of drug-likeness (QED) is 0.908. The predicted molar refractivity (Wildman–Crippen MR) is 79.4 cm³/mol. The highest BCUT2D eigenvalue weighted by Gasteiger charge is 2.13. The molecule has 2 aromatic rings. The van der Waals surface area contributed by atoms with Crippen molar-refractivity contribution in [2.45, 2.75) is 0 Å². The molecule has 0 fully saturated rings. The van der Waals surface area contributed by atoms with Gasteiger partial charge in [0.05, 0.1) is 23.3 Å². The van der Waals surface area contributed by atoms with E-state index in [1.165, 1.54) is 25.3 Å². The minimum Gasteiger partial charge on any atom is -0.496 e. The van der Waals surface area contributed by atoms with Gasteiger partial charge in [-0.15, -0.1) is 0 Å². The highest BCUT2D eigenvalue weighted by molar-refractivity contribution is 6.33. The maximum atomic E-state index is 12.2. The molecule has 0 aliphatic heterocycles. The molecule has 0 bridgehead atoms. The average Bonchev–Trinajstić information content (AvgIpc) is 2.46. The molecule has 21 heavy (non-hydrogen) atoms. The molecule has 0 atom stereocenters. The van der Waals surface area contributed by atoms with Crippen LogP contribution in [0.4, 0.5) is 5.69 Å². The van der Waals surface area contributed by atoms with Crippen LogP contribution in [0.1, 0.15) is 20.7 Å². The Labute approximate surface area is 126 Å². The molecule has 0 radical (unpaired) electrons. The zero-order chi connectivity index (χ0) is 15.4. The summed E-state index contributed by atoms with van der Waals surface area (Å²) in [6, 6.07) is 11.0. The van der Waals surface area contributed by atoms with Gasteiger partial charge in [0.25, 0.3) is 5.91 Å². The number of amides is 1. The molecule has 2 aromatic carbocycles. The Morgan fingerprint density at radius 2 is 1.86 bits per heavy atom. The van der Waals surface area contributed by atoms with E-state index in [1.807, 2.05) is 0 Å². The maximum Gasteiger partial charge on any atom is 0.337 e. The van der Waals surface area contributed by atoms with Gasteiger partial charge in [0.2, 0.25) is 0 Å². The van der Waals surface area contributed by atoms with E-state index in [1.54, 1.807) is 24.3 Å². The fraction of sp³-hybridized carbons (Fsp3) is 0.0667. The Morgan fingerprint density at radius 3 is 2.48 bits per heavy atom. The van der Waals surface area contributed by atoms with Crippen molar-refractivity contribution in [1.29, 1.82) is 0 Å². The van der Waals surface area contributed by atoms with Gasteiger partial charge in [-0.1, -0.05) is 23.7 Å². The molecule has 5 nitrogen and oxygen atoms in total. The first-order chi connectivity index (χ1) is 10.0. The number of nitrogens with one attached hydrogen (secondary N) is 1. The van der Waals surface area contributed by atoms with Gasteiger partial charge in [0, 0.05) is 5.69 Å². The Bertz CT molecular complexity index is 700. The Kier molecular flexibility index (Phi) is 4.45. The van der Waals surface area contributed by atoms with Crippen LogP contribution < -0.4 is 10.1 Å². The van der Waals surface area contributed by atoms with Gasteiger partial charge < -0.3 is 15.2 Å². The number of methoxy groups -OCH3 is 1. The Hall–Kier alpha value is -2.53. The van der Waals surface area contributed by atoms with Crippen molar-refractivity contribution < 1.29 is 19.4 Å². The van der Waals surface area contributed by atoms with Gasteiger partial charge in [-0.25, -0.2) is 4.79 Å². The van der Waals surface area contributed by atoms with Crippen molar-refractivity contribution in [1.82, 2.24) is 0 Å². The lowest BCUT2D eigenvalue weighted by Gasteiger charge is -2.10. The third-order valence-electron chi connectivity index (χ3n) is 2.81. The summed E-state index contributed by atoms with van der Waals surface area (Å²) in [5.41, 5.74) is 0.756.